The minimum absolute atomic E-state index is 0.108. The summed E-state index contributed by atoms with van der Waals surface area (Å²) in [6.45, 7) is 8.37. The second-order valence-electron chi connectivity index (χ2n) is 9.27. The van der Waals surface area contributed by atoms with Gasteiger partial charge >= 0.3 is 7.68 Å². The second kappa shape index (κ2) is 12.6. The Balaban J connectivity index is 1.98. The van der Waals surface area contributed by atoms with E-state index in [4.69, 9.17) is 32.7 Å². The molecule has 0 saturated heterocycles. The van der Waals surface area contributed by atoms with Crippen molar-refractivity contribution >= 4 is 52.3 Å². The molecule has 1 heterocycles. The summed E-state index contributed by atoms with van der Waals surface area (Å²) in [4.78, 5) is -0.156. The van der Waals surface area contributed by atoms with Gasteiger partial charge in [0.2, 0.25) is 0 Å². The molecule has 3 aromatic rings. The van der Waals surface area contributed by atoms with Crippen molar-refractivity contribution in [3.63, 3.8) is 0 Å². The fourth-order valence-corrected chi connectivity index (χ4v) is 6.75. The van der Waals surface area contributed by atoms with Crippen molar-refractivity contribution in [2.45, 2.75) is 50.9 Å². The summed E-state index contributed by atoms with van der Waals surface area (Å²) in [5.74, 6) is 0.452. The maximum Gasteiger partial charge on any atom is 0.342 e. The van der Waals surface area contributed by atoms with Crippen molar-refractivity contribution in [1.29, 1.82) is 0 Å². The van der Waals surface area contributed by atoms with Crippen LogP contribution in [0.4, 0.5) is 11.4 Å². The fraction of sp³-hybridized carbons (Fsp3) is 0.360. The molecular formula is C25H29Cl2N4O6PS. The fourth-order valence-electron chi connectivity index (χ4n) is 3.71. The van der Waals surface area contributed by atoms with Crippen LogP contribution in [0.25, 0.3) is 0 Å². The minimum atomic E-state index is -4.42. The molecule has 210 valence electrons. The van der Waals surface area contributed by atoms with Gasteiger partial charge in [-0.2, -0.15) is 5.10 Å². The molecule has 3 rings (SSSR count). The van der Waals surface area contributed by atoms with Crippen LogP contribution < -0.4 is 19.1 Å². The number of rotatable bonds is 12. The monoisotopic (exact) mass is 614 g/mol. The number of sulfonamides is 1. The summed E-state index contributed by atoms with van der Waals surface area (Å²) in [5, 5.41) is 8.99. The van der Waals surface area contributed by atoms with Crippen LogP contribution in [0, 0.1) is 6.92 Å². The number of para-hydroxylation sites is 1. The predicted molar refractivity (Wildman–Crippen MR) is 151 cm³/mol. The van der Waals surface area contributed by atoms with E-state index < -0.39 is 23.0 Å². The molecule has 0 amide bonds. The van der Waals surface area contributed by atoms with Gasteiger partial charge in [-0.1, -0.05) is 35.3 Å². The smallest absolute Gasteiger partial charge is 0.342 e. The highest BCUT2D eigenvalue weighted by molar-refractivity contribution is 7.93. The highest BCUT2D eigenvalue weighted by Gasteiger charge is 2.43. The number of nitrogens with one attached hydrogen (secondary N) is 1. The Bertz CT molecular complexity index is 1490. The highest BCUT2D eigenvalue weighted by Crippen LogP contribution is 2.43. The van der Waals surface area contributed by atoms with Crippen molar-refractivity contribution in [2.24, 2.45) is 0 Å². The first kappa shape index (κ1) is 30.7. The summed E-state index contributed by atoms with van der Waals surface area (Å²) < 4.78 is 65.4. The topological polar surface area (TPSA) is 128 Å². The van der Waals surface area contributed by atoms with Crippen molar-refractivity contribution in [2.75, 3.05) is 22.8 Å². The second-order valence-corrected chi connectivity index (χ2v) is 13.4. The number of halogens is 2. The minimum Gasteiger partial charge on any atom is -0.492 e. The van der Waals surface area contributed by atoms with E-state index in [1.165, 1.54) is 38.2 Å². The third kappa shape index (κ3) is 7.22. The van der Waals surface area contributed by atoms with E-state index in [-0.39, 0.29) is 40.7 Å². The van der Waals surface area contributed by atoms with Gasteiger partial charge in [0.05, 0.1) is 28.7 Å². The van der Waals surface area contributed by atoms with Crippen LogP contribution in [0.2, 0.25) is 10.2 Å². The van der Waals surface area contributed by atoms with Gasteiger partial charge in [-0.25, -0.2) is 21.9 Å². The van der Waals surface area contributed by atoms with Crippen LogP contribution in [0.3, 0.4) is 0 Å². The molecule has 1 aromatic heterocycles. The lowest BCUT2D eigenvalue weighted by Gasteiger charge is -2.34. The highest BCUT2D eigenvalue weighted by atomic mass is 35.5. The Morgan fingerprint density at radius 3 is 2.46 bits per heavy atom. The Kier molecular flexibility index (Phi) is 9.88. The van der Waals surface area contributed by atoms with Gasteiger partial charge in [-0.05, 0) is 64.4 Å². The zero-order valence-corrected chi connectivity index (χ0v) is 25.2. The largest absolute Gasteiger partial charge is 0.492 e. The average Bonchev–Trinajstić information content (AvgIpc) is 2.82. The molecule has 0 fully saturated rings. The molecule has 14 heteroatoms. The van der Waals surface area contributed by atoms with Gasteiger partial charge in [0.25, 0.3) is 10.0 Å². The first-order valence-corrected chi connectivity index (χ1v) is 15.2. The van der Waals surface area contributed by atoms with Crippen LogP contribution in [0.1, 0.15) is 33.3 Å². The number of nitrogens with zero attached hydrogens (tertiary/aromatic N) is 3. The number of aryl methyl sites for hydroxylation is 1. The quantitative estimate of drug-likeness (QED) is 0.180. The molecule has 0 aliphatic rings. The Morgan fingerprint density at radius 2 is 1.82 bits per heavy atom. The molecule has 0 atom stereocenters. The molecule has 0 aliphatic heterocycles. The van der Waals surface area contributed by atoms with Gasteiger partial charge < -0.3 is 14.8 Å². The lowest BCUT2D eigenvalue weighted by Crippen LogP contribution is -2.45. The zero-order chi connectivity index (χ0) is 29.0. The first-order chi connectivity index (χ1) is 18.2. The van der Waals surface area contributed by atoms with Crippen LogP contribution in [0.5, 0.6) is 11.5 Å². The van der Waals surface area contributed by atoms with Crippen molar-refractivity contribution < 1.29 is 27.0 Å². The molecule has 1 N–H and O–H groups in total. The van der Waals surface area contributed by atoms with Crippen molar-refractivity contribution in [1.82, 2.24) is 10.2 Å². The van der Waals surface area contributed by atoms with E-state index in [2.05, 4.69) is 15.5 Å². The molecule has 0 saturated carbocycles. The number of hydrogen-bond donors (Lipinski definition) is 1. The summed E-state index contributed by atoms with van der Waals surface area (Å²) in [6, 6.07) is 10.9. The maximum atomic E-state index is 14.1. The van der Waals surface area contributed by atoms with E-state index in [0.29, 0.717) is 22.0 Å². The predicted octanol–water partition coefficient (Wildman–Crippen LogP) is 6.47. The maximum absolute atomic E-state index is 14.1. The van der Waals surface area contributed by atoms with Crippen LogP contribution in [-0.4, -0.2) is 43.2 Å². The van der Waals surface area contributed by atoms with Gasteiger partial charge in [0.1, 0.15) is 23.0 Å². The molecule has 0 bridgehead atoms. The van der Waals surface area contributed by atoms with E-state index in [1.807, 2.05) is 0 Å². The van der Waals surface area contributed by atoms with Gasteiger partial charge in [0.15, 0.2) is 10.4 Å². The molecule has 0 aliphatic carbocycles. The zero-order valence-electron chi connectivity index (χ0n) is 22.0. The van der Waals surface area contributed by atoms with Crippen molar-refractivity contribution in [3.05, 3.63) is 64.4 Å². The third-order valence-electron chi connectivity index (χ3n) is 5.38. The summed E-state index contributed by atoms with van der Waals surface area (Å²) in [7, 11) is -7.66. The van der Waals surface area contributed by atoms with E-state index in [1.54, 1.807) is 45.0 Å². The van der Waals surface area contributed by atoms with Gasteiger partial charge in [-0.15, -0.1) is 5.10 Å². The number of aromatic nitrogens is 2. The Labute approximate surface area is 238 Å². The van der Waals surface area contributed by atoms with Crippen molar-refractivity contribution in [3.8, 4) is 11.5 Å². The van der Waals surface area contributed by atoms with E-state index in [9.17, 15) is 17.5 Å². The van der Waals surface area contributed by atoms with Gasteiger partial charge in [-0.3, -0.25) is 0 Å². The SMILES string of the molecule is Cc1cc(OCCNc2c(Cl)cnnc2Cl)cc(N(C(C)(C)P(=O)=O)S(=O)(=O)c2ccccc2OC(C)C)c1. The van der Waals surface area contributed by atoms with E-state index in [0.717, 1.165) is 4.31 Å². The summed E-state index contributed by atoms with van der Waals surface area (Å²) in [5.41, 5.74) is 1.18. The van der Waals surface area contributed by atoms with Crippen LogP contribution in [0.15, 0.2) is 53.6 Å². The lowest BCUT2D eigenvalue weighted by atomic mass is 10.2. The number of benzene rings is 2. The molecule has 39 heavy (non-hydrogen) atoms. The molecule has 10 nitrogen and oxygen atoms in total. The summed E-state index contributed by atoms with van der Waals surface area (Å²) in [6.07, 6.45) is 1.05. The number of anilines is 2. The molecule has 0 radical (unpaired) electrons. The standard InChI is InChI=1S/C25H29Cl2N4O6PS/c1-16(2)37-21-8-6-7-9-22(21)39(34,35)31(25(4,5)38(32)33)18-12-17(3)13-19(14-18)36-11-10-28-23-20(26)15-29-30-24(23)27/h6-9,12-16H,10-11H2,1-5H3,(H,28,29). The molecule has 2 aromatic carbocycles. The Morgan fingerprint density at radius 1 is 1.13 bits per heavy atom. The average molecular weight is 615 g/mol. The van der Waals surface area contributed by atoms with Crippen LogP contribution in [-0.2, 0) is 19.2 Å². The molecular weight excluding hydrogens is 586 g/mol. The molecule has 0 unspecified atom stereocenters. The van der Waals surface area contributed by atoms with Crippen LogP contribution >= 0.6 is 30.9 Å². The van der Waals surface area contributed by atoms with E-state index >= 15 is 0 Å². The molecule has 0 spiro atoms. The van der Waals surface area contributed by atoms with Gasteiger partial charge in [0, 0.05) is 12.6 Å². The normalized spacial score (nSPS) is 11.8. The number of ether oxygens (including phenoxy) is 2. The lowest BCUT2D eigenvalue weighted by molar-refractivity contribution is 0.236. The third-order valence-corrected chi connectivity index (χ3v) is 9.20. The summed E-state index contributed by atoms with van der Waals surface area (Å²) >= 11 is 12.1. The number of hydrogen-bond acceptors (Lipinski definition) is 9. The first-order valence-electron chi connectivity index (χ1n) is 11.9. The Hall–Kier alpha value is -2.85.